The van der Waals surface area contributed by atoms with Crippen molar-refractivity contribution in [2.45, 2.75) is 39.5 Å². The molecule has 1 fully saturated rings. The predicted molar refractivity (Wildman–Crippen MR) is 136 cm³/mol. The van der Waals surface area contributed by atoms with Gasteiger partial charge >= 0.3 is 0 Å². The minimum atomic E-state index is 0.504. The second-order valence-corrected chi connectivity index (χ2v) is 9.66. The lowest BCUT2D eigenvalue weighted by Crippen LogP contribution is -2.36. The van der Waals surface area contributed by atoms with Crippen LogP contribution in [0.25, 0.3) is 33.0 Å². The van der Waals surface area contributed by atoms with Crippen LogP contribution < -0.4 is 4.90 Å². The third kappa shape index (κ3) is 4.04. The lowest BCUT2D eigenvalue weighted by atomic mass is 9.96. The van der Waals surface area contributed by atoms with Gasteiger partial charge in [-0.25, -0.2) is 15.0 Å². The molecular weight excluding hydrogens is 430 g/mol. The van der Waals surface area contributed by atoms with E-state index in [2.05, 4.69) is 67.7 Å². The van der Waals surface area contributed by atoms with Gasteiger partial charge in [0.25, 0.3) is 0 Å². The van der Waals surface area contributed by atoms with Crippen LogP contribution >= 0.6 is 11.3 Å². The molecule has 4 aromatic rings. The number of morpholine rings is 1. The average molecular weight is 462 g/mol. The van der Waals surface area contributed by atoms with E-state index in [9.17, 15) is 0 Å². The number of benzene rings is 1. The number of ether oxygens (including phenoxy) is 1. The van der Waals surface area contributed by atoms with E-state index in [-0.39, 0.29) is 0 Å². The number of hydrogen-bond donors (Lipinski definition) is 0. The standard InChI is InChI=1S/C26H31N5OS/c1-5-18(6-2)20-16-30(4)25-23(20)27-17(3)21(28-25)24-22(19-10-8-7-9-11-19)29-26(33-24)31-12-14-32-15-13-31/h7-11,16,18H,5-6,12-15H2,1-4H3. The smallest absolute Gasteiger partial charge is 0.186 e. The summed E-state index contributed by atoms with van der Waals surface area (Å²) in [6.07, 6.45) is 4.43. The fourth-order valence-electron chi connectivity index (χ4n) is 4.67. The van der Waals surface area contributed by atoms with Gasteiger partial charge in [0, 0.05) is 37.5 Å². The van der Waals surface area contributed by atoms with Crippen LogP contribution in [0.2, 0.25) is 0 Å². The van der Waals surface area contributed by atoms with Crippen molar-refractivity contribution in [1.29, 1.82) is 0 Å². The van der Waals surface area contributed by atoms with Crippen molar-refractivity contribution in [3.05, 3.63) is 47.8 Å². The zero-order valence-corrected chi connectivity index (χ0v) is 20.7. The maximum absolute atomic E-state index is 5.56. The monoisotopic (exact) mass is 461 g/mol. The normalized spacial score (nSPS) is 14.5. The third-order valence-corrected chi connectivity index (χ3v) is 7.70. The molecule has 7 heteroatoms. The Labute approximate surface area is 199 Å². The molecule has 3 aromatic heterocycles. The van der Waals surface area contributed by atoms with Crippen molar-refractivity contribution in [3.63, 3.8) is 0 Å². The molecule has 1 saturated heterocycles. The van der Waals surface area contributed by atoms with Crippen LogP contribution in [0, 0.1) is 6.92 Å². The lowest BCUT2D eigenvalue weighted by molar-refractivity contribution is 0.122. The van der Waals surface area contributed by atoms with Crippen molar-refractivity contribution < 1.29 is 4.74 Å². The highest BCUT2D eigenvalue weighted by Crippen LogP contribution is 2.41. The Morgan fingerprint density at radius 2 is 1.73 bits per heavy atom. The highest BCUT2D eigenvalue weighted by atomic mass is 32.1. The Hall–Kier alpha value is -2.77. The Morgan fingerprint density at radius 3 is 2.42 bits per heavy atom. The van der Waals surface area contributed by atoms with Crippen molar-refractivity contribution in [2.75, 3.05) is 31.2 Å². The molecule has 1 aliphatic heterocycles. The van der Waals surface area contributed by atoms with Crippen LogP contribution in [0.3, 0.4) is 0 Å². The molecule has 0 aliphatic carbocycles. The van der Waals surface area contributed by atoms with E-state index in [1.165, 1.54) is 5.56 Å². The molecule has 6 nitrogen and oxygen atoms in total. The fraction of sp³-hybridized carbons (Fsp3) is 0.423. The van der Waals surface area contributed by atoms with Crippen LogP contribution in [-0.4, -0.2) is 45.8 Å². The molecule has 0 bridgehead atoms. The molecule has 5 rings (SSSR count). The maximum atomic E-state index is 5.56. The summed E-state index contributed by atoms with van der Waals surface area (Å²) in [6, 6.07) is 10.4. The van der Waals surface area contributed by atoms with Crippen molar-refractivity contribution in [3.8, 4) is 21.8 Å². The van der Waals surface area contributed by atoms with Crippen LogP contribution in [-0.2, 0) is 11.8 Å². The highest BCUT2D eigenvalue weighted by Gasteiger charge is 2.24. The zero-order valence-electron chi connectivity index (χ0n) is 19.8. The number of nitrogens with zero attached hydrogens (tertiary/aromatic N) is 5. The summed E-state index contributed by atoms with van der Waals surface area (Å²) in [4.78, 5) is 18.8. The molecule has 4 heterocycles. The summed E-state index contributed by atoms with van der Waals surface area (Å²) in [5.74, 6) is 0.504. The molecule has 0 radical (unpaired) electrons. The Balaban J connectivity index is 1.68. The molecule has 0 unspecified atom stereocenters. The Kier molecular flexibility index (Phi) is 6.17. The third-order valence-electron chi connectivity index (χ3n) is 6.58. The molecule has 172 valence electrons. The fourth-order valence-corrected chi connectivity index (χ4v) is 5.86. The van der Waals surface area contributed by atoms with Gasteiger partial charge < -0.3 is 14.2 Å². The molecule has 1 aliphatic rings. The second-order valence-electron chi connectivity index (χ2n) is 8.68. The zero-order chi connectivity index (χ0) is 22.9. The minimum absolute atomic E-state index is 0.504. The SMILES string of the molecule is CCC(CC)c1cn(C)c2nc(-c3sc(N4CCOCC4)nc3-c3ccccc3)c(C)nc12. The van der Waals surface area contributed by atoms with Gasteiger partial charge in [0.15, 0.2) is 10.8 Å². The van der Waals surface area contributed by atoms with E-state index in [4.69, 9.17) is 19.7 Å². The summed E-state index contributed by atoms with van der Waals surface area (Å²) in [5, 5.41) is 1.03. The molecule has 0 atom stereocenters. The van der Waals surface area contributed by atoms with Gasteiger partial charge in [-0.1, -0.05) is 55.5 Å². The van der Waals surface area contributed by atoms with E-state index < -0.39 is 0 Å². The van der Waals surface area contributed by atoms with E-state index in [1.807, 2.05) is 6.07 Å². The first-order valence-electron chi connectivity index (χ1n) is 11.8. The maximum Gasteiger partial charge on any atom is 0.186 e. The molecule has 0 saturated carbocycles. The molecular formula is C26H31N5OS. The van der Waals surface area contributed by atoms with Gasteiger partial charge in [0.1, 0.15) is 11.2 Å². The number of anilines is 1. The van der Waals surface area contributed by atoms with Gasteiger partial charge in [-0.2, -0.15) is 0 Å². The van der Waals surface area contributed by atoms with Gasteiger partial charge in [0.05, 0.1) is 29.5 Å². The van der Waals surface area contributed by atoms with Gasteiger partial charge in [0.2, 0.25) is 0 Å². The molecule has 0 amide bonds. The first kappa shape index (κ1) is 22.0. The minimum Gasteiger partial charge on any atom is -0.378 e. The molecule has 0 spiro atoms. The quantitative estimate of drug-likeness (QED) is 0.363. The summed E-state index contributed by atoms with van der Waals surface area (Å²) in [6.45, 7) is 9.78. The van der Waals surface area contributed by atoms with E-state index >= 15 is 0 Å². The Bertz CT molecular complexity index is 1250. The van der Waals surface area contributed by atoms with Gasteiger partial charge in [-0.05, 0) is 25.7 Å². The lowest BCUT2D eigenvalue weighted by Gasteiger charge is -2.26. The number of rotatable bonds is 6. The first-order valence-corrected chi connectivity index (χ1v) is 12.6. The van der Waals surface area contributed by atoms with E-state index in [0.29, 0.717) is 5.92 Å². The van der Waals surface area contributed by atoms with E-state index in [1.54, 1.807) is 11.3 Å². The van der Waals surface area contributed by atoms with Crippen molar-refractivity contribution >= 4 is 27.6 Å². The van der Waals surface area contributed by atoms with Crippen molar-refractivity contribution in [2.24, 2.45) is 7.05 Å². The summed E-state index contributed by atoms with van der Waals surface area (Å²) in [5.41, 5.74) is 7.25. The molecule has 1 aromatic carbocycles. The highest BCUT2D eigenvalue weighted by molar-refractivity contribution is 7.19. The van der Waals surface area contributed by atoms with Crippen LogP contribution in [0.5, 0.6) is 0 Å². The Morgan fingerprint density at radius 1 is 1.00 bits per heavy atom. The van der Waals surface area contributed by atoms with Crippen LogP contribution in [0.4, 0.5) is 5.13 Å². The van der Waals surface area contributed by atoms with Gasteiger partial charge in [-0.3, -0.25) is 0 Å². The van der Waals surface area contributed by atoms with Crippen LogP contribution in [0.15, 0.2) is 36.5 Å². The van der Waals surface area contributed by atoms with Crippen LogP contribution in [0.1, 0.15) is 43.9 Å². The number of aryl methyl sites for hydroxylation is 2. The number of aromatic nitrogens is 4. The number of hydrogen-bond acceptors (Lipinski definition) is 6. The largest absolute Gasteiger partial charge is 0.378 e. The summed E-state index contributed by atoms with van der Waals surface area (Å²) in [7, 11) is 2.08. The summed E-state index contributed by atoms with van der Waals surface area (Å²) < 4.78 is 7.69. The second kappa shape index (κ2) is 9.23. The average Bonchev–Trinajstić information content (AvgIpc) is 3.42. The predicted octanol–water partition coefficient (Wildman–Crippen LogP) is 5.81. The first-order chi connectivity index (χ1) is 16.1. The number of thiazole rings is 1. The molecule has 0 N–H and O–H groups in total. The van der Waals surface area contributed by atoms with Crippen molar-refractivity contribution in [1.82, 2.24) is 19.5 Å². The topological polar surface area (TPSA) is 56.1 Å². The molecule has 33 heavy (non-hydrogen) atoms. The summed E-state index contributed by atoms with van der Waals surface area (Å²) >= 11 is 1.71. The number of fused-ring (bicyclic) bond motifs is 1. The van der Waals surface area contributed by atoms with Gasteiger partial charge in [-0.15, -0.1) is 0 Å². The van der Waals surface area contributed by atoms with E-state index in [0.717, 1.165) is 83.0 Å².